The van der Waals surface area contributed by atoms with E-state index in [9.17, 15) is 4.79 Å². The summed E-state index contributed by atoms with van der Waals surface area (Å²) >= 11 is 14.1. The predicted molar refractivity (Wildman–Crippen MR) is 101 cm³/mol. The summed E-state index contributed by atoms with van der Waals surface area (Å²) in [6.45, 7) is 1.71. The number of halogens is 2. The smallest absolute Gasteiger partial charge is 0.303 e. The van der Waals surface area contributed by atoms with Crippen molar-refractivity contribution in [1.29, 1.82) is 0 Å². The highest BCUT2D eigenvalue weighted by Crippen LogP contribution is 2.36. The highest BCUT2D eigenvalue weighted by atomic mass is 35.5. The minimum atomic E-state index is -0.381. The minimum Gasteiger partial charge on any atom is -0.458 e. The predicted octanol–water partition coefficient (Wildman–Crippen LogP) is 4.05. The Morgan fingerprint density at radius 2 is 2.08 bits per heavy atom. The van der Waals surface area contributed by atoms with Crippen LogP contribution in [0, 0.1) is 0 Å². The van der Waals surface area contributed by atoms with Crippen LogP contribution < -0.4 is 0 Å². The number of benzene rings is 1. The van der Waals surface area contributed by atoms with Crippen LogP contribution in [0.4, 0.5) is 0 Å². The highest BCUT2D eigenvalue weighted by Gasteiger charge is 2.26. The number of esters is 1. The van der Waals surface area contributed by atoms with Crippen molar-refractivity contribution in [3.63, 3.8) is 0 Å². The molecule has 0 N–H and O–H groups in total. The number of hydrogen-bond acceptors (Lipinski definition) is 6. The first kappa shape index (κ1) is 17.2. The monoisotopic (exact) mass is 406 g/mol. The average molecular weight is 407 g/mol. The number of carbonyl (C=O) groups excluding carboxylic acids is 1. The fourth-order valence-corrected chi connectivity index (χ4v) is 4.24. The van der Waals surface area contributed by atoms with Crippen LogP contribution in [0.5, 0.6) is 0 Å². The molecule has 3 aromatic rings. The van der Waals surface area contributed by atoms with Crippen LogP contribution >= 0.6 is 34.5 Å². The Labute approximate surface area is 163 Å². The number of nitrogens with zero attached hydrogens (tertiary/aromatic N) is 4. The van der Waals surface area contributed by atoms with Crippen molar-refractivity contribution in [2.24, 2.45) is 4.99 Å². The van der Waals surface area contributed by atoms with E-state index in [4.69, 9.17) is 32.9 Å². The van der Waals surface area contributed by atoms with Crippen LogP contribution in [0.1, 0.15) is 29.7 Å². The Kier molecular flexibility index (Phi) is 4.52. The van der Waals surface area contributed by atoms with Crippen molar-refractivity contribution < 1.29 is 9.53 Å². The second-order valence-electron chi connectivity index (χ2n) is 5.56. The second-order valence-corrected chi connectivity index (χ2v) is 7.63. The number of carbonyl (C=O) groups is 1. The maximum absolute atomic E-state index is 11.2. The van der Waals surface area contributed by atoms with E-state index < -0.39 is 0 Å². The molecule has 0 aliphatic carbocycles. The highest BCUT2D eigenvalue weighted by molar-refractivity contribution is 7.19. The van der Waals surface area contributed by atoms with Gasteiger partial charge in [-0.3, -0.25) is 14.4 Å². The Morgan fingerprint density at radius 3 is 2.85 bits per heavy atom. The summed E-state index contributed by atoms with van der Waals surface area (Å²) in [6, 6.07) is 9.38. The summed E-state index contributed by atoms with van der Waals surface area (Å²) in [7, 11) is 0. The van der Waals surface area contributed by atoms with E-state index in [1.165, 1.54) is 18.3 Å². The Hall–Kier alpha value is -2.22. The van der Waals surface area contributed by atoms with Gasteiger partial charge in [-0.1, -0.05) is 41.4 Å². The van der Waals surface area contributed by atoms with Crippen molar-refractivity contribution in [3.8, 4) is 5.00 Å². The molecule has 0 spiro atoms. The van der Waals surface area contributed by atoms with Crippen molar-refractivity contribution in [3.05, 3.63) is 62.5 Å². The van der Waals surface area contributed by atoms with E-state index in [0.717, 1.165) is 21.8 Å². The SMILES string of the molecule is CC(=O)OCc1nnc2n1-c1sc(Cl)cc1C(c1ccccc1Cl)=NC2. The number of rotatable bonds is 3. The van der Waals surface area contributed by atoms with E-state index in [2.05, 4.69) is 10.2 Å². The van der Waals surface area contributed by atoms with Gasteiger partial charge in [0.1, 0.15) is 11.5 Å². The molecule has 0 saturated heterocycles. The number of thiophene rings is 1. The van der Waals surface area contributed by atoms with Crippen molar-refractivity contribution in [2.45, 2.75) is 20.1 Å². The van der Waals surface area contributed by atoms with Crippen LogP contribution in [-0.2, 0) is 22.7 Å². The molecule has 0 bridgehead atoms. The summed E-state index contributed by atoms with van der Waals surface area (Å²) in [5, 5.41) is 9.77. The first-order valence-corrected chi connectivity index (χ1v) is 9.28. The Morgan fingerprint density at radius 1 is 1.27 bits per heavy atom. The molecule has 0 amide bonds. The zero-order chi connectivity index (χ0) is 18.3. The fourth-order valence-electron chi connectivity index (χ4n) is 2.76. The lowest BCUT2D eigenvalue weighted by molar-refractivity contribution is -0.142. The lowest BCUT2D eigenvalue weighted by Gasteiger charge is -2.09. The summed E-state index contributed by atoms with van der Waals surface area (Å²) in [5.74, 6) is 0.785. The average Bonchev–Trinajstić information content (AvgIpc) is 3.14. The molecular formula is C17H12Cl2N4O2S. The quantitative estimate of drug-likeness (QED) is 0.615. The molecular weight excluding hydrogens is 395 g/mol. The third kappa shape index (κ3) is 3.02. The van der Waals surface area contributed by atoms with Gasteiger partial charge in [-0.2, -0.15) is 0 Å². The number of aliphatic imine (C=N–C) groups is 1. The summed E-state index contributed by atoms with van der Waals surface area (Å²) in [4.78, 5) is 15.9. The molecule has 0 radical (unpaired) electrons. The maximum Gasteiger partial charge on any atom is 0.303 e. The molecule has 132 valence electrons. The molecule has 2 aromatic heterocycles. The van der Waals surface area contributed by atoms with Gasteiger partial charge < -0.3 is 4.74 Å². The van der Waals surface area contributed by atoms with Gasteiger partial charge in [-0.05, 0) is 12.1 Å². The zero-order valence-corrected chi connectivity index (χ0v) is 15.9. The van der Waals surface area contributed by atoms with Crippen LogP contribution in [0.2, 0.25) is 9.36 Å². The van der Waals surface area contributed by atoms with Gasteiger partial charge in [0.15, 0.2) is 18.3 Å². The van der Waals surface area contributed by atoms with Gasteiger partial charge in [0, 0.05) is 23.1 Å². The number of hydrogen-bond donors (Lipinski definition) is 0. The summed E-state index contributed by atoms with van der Waals surface area (Å²) < 4.78 is 7.55. The molecule has 9 heteroatoms. The van der Waals surface area contributed by atoms with Gasteiger partial charge in [-0.15, -0.1) is 21.5 Å². The van der Waals surface area contributed by atoms with Crippen molar-refractivity contribution >= 4 is 46.2 Å². The van der Waals surface area contributed by atoms with E-state index in [-0.39, 0.29) is 12.6 Å². The number of ether oxygens (including phenoxy) is 1. The van der Waals surface area contributed by atoms with E-state index in [0.29, 0.717) is 27.6 Å². The third-order valence-corrected chi connectivity index (χ3v) is 5.43. The second kappa shape index (κ2) is 6.83. The molecule has 0 unspecified atom stereocenters. The molecule has 1 aliphatic heterocycles. The van der Waals surface area contributed by atoms with E-state index >= 15 is 0 Å². The molecule has 26 heavy (non-hydrogen) atoms. The largest absolute Gasteiger partial charge is 0.458 e. The normalized spacial score (nSPS) is 12.8. The number of fused-ring (bicyclic) bond motifs is 3. The topological polar surface area (TPSA) is 69.4 Å². The van der Waals surface area contributed by atoms with Gasteiger partial charge in [0.2, 0.25) is 0 Å². The van der Waals surface area contributed by atoms with Crippen LogP contribution in [0.15, 0.2) is 35.3 Å². The maximum atomic E-state index is 11.2. The van der Waals surface area contributed by atoms with Crippen LogP contribution in [-0.4, -0.2) is 26.4 Å². The van der Waals surface area contributed by atoms with Gasteiger partial charge in [0.05, 0.1) is 10.0 Å². The standard InChI is InChI=1S/C17H12Cl2N4O2S/c1-9(24)25-8-15-22-21-14-7-20-16(10-4-2-3-5-12(10)18)11-6-13(19)26-17(11)23(14)15/h2-6H,7-8H2,1H3. The third-order valence-electron chi connectivity index (χ3n) is 3.85. The molecule has 0 atom stereocenters. The molecule has 0 fully saturated rings. The fraction of sp³-hybridized carbons (Fsp3) is 0.176. The van der Waals surface area contributed by atoms with E-state index in [1.807, 2.05) is 34.9 Å². The van der Waals surface area contributed by atoms with Gasteiger partial charge >= 0.3 is 5.97 Å². The molecule has 1 aliphatic rings. The van der Waals surface area contributed by atoms with Crippen LogP contribution in [0.3, 0.4) is 0 Å². The zero-order valence-electron chi connectivity index (χ0n) is 13.6. The number of aromatic nitrogens is 3. The molecule has 0 saturated carbocycles. The lowest BCUT2D eigenvalue weighted by atomic mass is 10.0. The minimum absolute atomic E-state index is 0.0265. The van der Waals surface area contributed by atoms with Crippen molar-refractivity contribution in [2.75, 3.05) is 0 Å². The first-order chi connectivity index (χ1) is 12.5. The summed E-state index contributed by atoms with van der Waals surface area (Å²) in [6.07, 6.45) is 0. The molecule has 1 aromatic carbocycles. The van der Waals surface area contributed by atoms with E-state index in [1.54, 1.807) is 0 Å². The van der Waals surface area contributed by atoms with Gasteiger partial charge in [-0.25, -0.2) is 0 Å². The van der Waals surface area contributed by atoms with Gasteiger partial charge in [0.25, 0.3) is 0 Å². The van der Waals surface area contributed by atoms with Crippen molar-refractivity contribution in [1.82, 2.24) is 14.8 Å². The molecule has 6 nitrogen and oxygen atoms in total. The Bertz CT molecular complexity index is 1040. The first-order valence-electron chi connectivity index (χ1n) is 7.70. The molecule has 3 heterocycles. The van der Waals surface area contributed by atoms with Crippen LogP contribution in [0.25, 0.3) is 5.00 Å². The Balaban J connectivity index is 1.87. The molecule has 4 rings (SSSR count). The summed E-state index contributed by atoms with van der Waals surface area (Å²) in [5.41, 5.74) is 2.42. The lowest BCUT2D eigenvalue weighted by Crippen LogP contribution is -2.09.